The van der Waals surface area contributed by atoms with Gasteiger partial charge in [0.1, 0.15) is 0 Å². The van der Waals surface area contributed by atoms with Crippen LogP contribution in [0.1, 0.15) is 33.1 Å². The van der Waals surface area contributed by atoms with Gasteiger partial charge >= 0.3 is 6.03 Å². The van der Waals surface area contributed by atoms with Crippen LogP contribution >= 0.6 is 0 Å². The van der Waals surface area contributed by atoms with Gasteiger partial charge in [0, 0.05) is 26.3 Å². The molecular weight excluding hydrogens is 208 g/mol. The van der Waals surface area contributed by atoms with Crippen LogP contribution in [-0.4, -0.2) is 43.5 Å². The molecule has 16 heavy (non-hydrogen) atoms. The van der Waals surface area contributed by atoms with Crippen molar-refractivity contribution in [3.63, 3.8) is 0 Å². The summed E-state index contributed by atoms with van der Waals surface area (Å²) in [5.41, 5.74) is 0. The Morgan fingerprint density at radius 3 is 2.69 bits per heavy atom. The minimum absolute atomic E-state index is 0.0936. The third-order valence-electron chi connectivity index (χ3n) is 2.37. The molecule has 2 atom stereocenters. The minimum Gasteiger partial charge on any atom is -0.393 e. The van der Waals surface area contributed by atoms with E-state index in [1.165, 1.54) is 0 Å². The number of ether oxygens (including phenoxy) is 1. The Bertz CT molecular complexity index is 188. The highest BCUT2D eigenvalue weighted by molar-refractivity contribution is 5.74. The largest absolute Gasteiger partial charge is 0.393 e. The SMILES string of the molecule is CCC(O)CCNC(=O)NC(C)CCOC. The molecule has 0 saturated carbocycles. The molecule has 0 aliphatic carbocycles. The standard InChI is InChI=1S/C11H24N2O3/c1-4-10(14)5-7-12-11(15)13-9(2)6-8-16-3/h9-10,14H,4-8H2,1-3H3,(H2,12,13,15). The van der Waals surface area contributed by atoms with Crippen molar-refractivity contribution in [3.8, 4) is 0 Å². The molecule has 0 aromatic rings. The van der Waals surface area contributed by atoms with Gasteiger partial charge in [0.25, 0.3) is 0 Å². The first-order valence-electron chi connectivity index (χ1n) is 5.81. The molecule has 0 aromatic carbocycles. The van der Waals surface area contributed by atoms with E-state index in [2.05, 4.69) is 10.6 Å². The number of carbonyl (C=O) groups excluding carboxylic acids is 1. The number of urea groups is 1. The lowest BCUT2D eigenvalue weighted by Gasteiger charge is -2.14. The minimum atomic E-state index is -0.328. The smallest absolute Gasteiger partial charge is 0.314 e. The zero-order valence-electron chi connectivity index (χ0n) is 10.5. The first kappa shape index (κ1) is 15.2. The molecule has 5 nitrogen and oxygen atoms in total. The van der Waals surface area contributed by atoms with Crippen LogP contribution in [-0.2, 0) is 4.74 Å². The second kappa shape index (κ2) is 9.42. The zero-order valence-corrected chi connectivity index (χ0v) is 10.5. The molecule has 0 spiro atoms. The Labute approximate surface area is 97.6 Å². The maximum atomic E-state index is 11.3. The number of aliphatic hydroxyl groups is 1. The molecular formula is C11H24N2O3. The van der Waals surface area contributed by atoms with E-state index in [0.717, 1.165) is 6.42 Å². The summed E-state index contributed by atoms with van der Waals surface area (Å²) in [5.74, 6) is 0. The molecule has 0 saturated heterocycles. The number of methoxy groups -OCH3 is 1. The third kappa shape index (κ3) is 8.49. The lowest BCUT2D eigenvalue weighted by Crippen LogP contribution is -2.42. The average Bonchev–Trinajstić information content (AvgIpc) is 2.25. The van der Waals surface area contributed by atoms with Crippen LogP contribution in [0.15, 0.2) is 0 Å². The van der Waals surface area contributed by atoms with E-state index in [1.54, 1.807) is 7.11 Å². The monoisotopic (exact) mass is 232 g/mol. The second-order valence-electron chi connectivity index (χ2n) is 3.93. The van der Waals surface area contributed by atoms with Crippen molar-refractivity contribution in [2.24, 2.45) is 0 Å². The lowest BCUT2D eigenvalue weighted by atomic mass is 10.2. The molecule has 3 N–H and O–H groups in total. The zero-order chi connectivity index (χ0) is 12.4. The van der Waals surface area contributed by atoms with Gasteiger partial charge in [0.2, 0.25) is 0 Å². The highest BCUT2D eigenvalue weighted by atomic mass is 16.5. The number of nitrogens with one attached hydrogen (secondary N) is 2. The lowest BCUT2D eigenvalue weighted by molar-refractivity contribution is 0.159. The summed E-state index contributed by atoms with van der Waals surface area (Å²) < 4.78 is 4.92. The van der Waals surface area contributed by atoms with E-state index in [4.69, 9.17) is 4.74 Å². The van der Waals surface area contributed by atoms with Crippen molar-refractivity contribution in [2.45, 2.75) is 45.3 Å². The fourth-order valence-corrected chi connectivity index (χ4v) is 1.20. The Morgan fingerprint density at radius 2 is 2.12 bits per heavy atom. The van der Waals surface area contributed by atoms with E-state index < -0.39 is 0 Å². The van der Waals surface area contributed by atoms with Crippen molar-refractivity contribution >= 4 is 6.03 Å². The molecule has 96 valence electrons. The van der Waals surface area contributed by atoms with Crippen LogP contribution < -0.4 is 10.6 Å². The van der Waals surface area contributed by atoms with Gasteiger partial charge in [-0.2, -0.15) is 0 Å². The number of hydrogen-bond acceptors (Lipinski definition) is 3. The third-order valence-corrected chi connectivity index (χ3v) is 2.37. The number of aliphatic hydroxyl groups excluding tert-OH is 1. The molecule has 0 bridgehead atoms. The summed E-state index contributed by atoms with van der Waals surface area (Å²) in [6.07, 6.45) is 1.78. The average molecular weight is 232 g/mol. The van der Waals surface area contributed by atoms with E-state index in [-0.39, 0.29) is 18.2 Å². The van der Waals surface area contributed by atoms with E-state index in [9.17, 15) is 9.90 Å². The molecule has 0 fully saturated rings. The molecule has 0 aliphatic heterocycles. The van der Waals surface area contributed by atoms with E-state index >= 15 is 0 Å². The van der Waals surface area contributed by atoms with Crippen molar-refractivity contribution < 1.29 is 14.6 Å². The molecule has 0 heterocycles. The maximum Gasteiger partial charge on any atom is 0.314 e. The predicted octanol–water partition coefficient (Wildman–Crippen LogP) is 0.872. The van der Waals surface area contributed by atoms with Crippen molar-refractivity contribution in [1.29, 1.82) is 0 Å². The van der Waals surface area contributed by atoms with Gasteiger partial charge in [-0.15, -0.1) is 0 Å². The fourth-order valence-electron chi connectivity index (χ4n) is 1.20. The van der Waals surface area contributed by atoms with E-state index in [1.807, 2.05) is 13.8 Å². The van der Waals surface area contributed by atoms with Gasteiger partial charge in [-0.3, -0.25) is 0 Å². The number of hydrogen-bond donors (Lipinski definition) is 3. The molecule has 2 amide bonds. The van der Waals surface area contributed by atoms with Gasteiger partial charge in [-0.1, -0.05) is 6.92 Å². The van der Waals surface area contributed by atoms with Crippen molar-refractivity contribution in [2.75, 3.05) is 20.3 Å². The first-order chi connectivity index (χ1) is 7.60. The summed E-state index contributed by atoms with van der Waals surface area (Å²) in [5, 5.41) is 14.8. The Morgan fingerprint density at radius 1 is 1.44 bits per heavy atom. The van der Waals surface area contributed by atoms with Crippen LogP contribution in [0.5, 0.6) is 0 Å². The Balaban J connectivity index is 3.50. The number of rotatable bonds is 8. The summed E-state index contributed by atoms with van der Waals surface area (Å²) >= 11 is 0. The topological polar surface area (TPSA) is 70.6 Å². The molecule has 0 aromatic heterocycles. The summed E-state index contributed by atoms with van der Waals surface area (Å²) in [6, 6.07) is -0.0945. The van der Waals surface area contributed by atoms with Gasteiger partial charge in [-0.05, 0) is 26.2 Å². The Hall–Kier alpha value is -0.810. The quantitative estimate of drug-likeness (QED) is 0.581. The van der Waals surface area contributed by atoms with Crippen LogP contribution in [0.2, 0.25) is 0 Å². The van der Waals surface area contributed by atoms with Gasteiger partial charge in [-0.25, -0.2) is 4.79 Å². The molecule has 2 unspecified atom stereocenters. The van der Waals surface area contributed by atoms with Crippen LogP contribution in [0, 0.1) is 0 Å². The fraction of sp³-hybridized carbons (Fsp3) is 0.909. The van der Waals surface area contributed by atoms with E-state index in [0.29, 0.717) is 26.0 Å². The number of carbonyl (C=O) groups is 1. The van der Waals surface area contributed by atoms with Gasteiger partial charge in [0.15, 0.2) is 0 Å². The summed E-state index contributed by atoms with van der Waals surface area (Å²) in [7, 11) is 1.64. The Kier molecular flexibility index (Phi) is 8.94. The van der Waals surface area contributed by atoms with Gasteiger partial charge < -0.3 is 20.5 Å². The highest BCUT2D eigenvalue weighted by Crippen LogP contribution is 1.94. The second-order valence-corrected chi connectivity index (χ2v) is 3.93. The maximum absolute atomic E-state index is 11.3. The molecule has 0 radical (unpaired) electrons. The normalized spacial score (nSPS) is 14.2. The molecule has 0 aliphatic rings. The van der Waals surface area contributed by atoms with Gasteiger partial charge in [0.05, 0.1) is 6.10 Å². The highest BCUT2D eigenvalue weighted by Gasteiger charge is 2.07. The summed E-state index contributed by atoms with van der Waals surface area (Å²) in [6.45, 7) is 4.98. The van der Waals surface area contributed by atoms with Crippen LogP contribution in [0.3, 0.4) is 0 Å². The molecule has 5 heteroatoms. The first-order valence-corrected chi connectivity index (χ1v) is 5.81. The van der Waals surface area contributed by atoms with Crippen molar-refractivity contribution in [1.82, 2.24) is 10.6 Å². The summed E-state index contributed by atoms with van der Waals surface area (Å²) in [4.78, 5) is 11.3. The van der Waals surface area contributed by atoms with Crippen LogP contribution in [0.25, 0.3) is 0 Å². The van der Waals surface area contributed by atoms with Crippen molar-refractivity contribution in [3.05, 3.63) is 0 Å². The van der Waals surface area contributed by atoms with Crippen LogP contribution in [0.4, 0.5) is 4.79 Å². The predicted molar refractivity (Wildman–Crippen MR) is 63.4 cm³/mol. The molecule has 0 rings (SSSR count). The number of amides is 2.